The summed E-state index contributed by atoms with van der Waals surface area (Å²) >= 11 is 0. The molecule has 0 aliphatic heterocycles. The smallest absolute Gasteiger partial charge is 0.408 e. The lowest BCUT2D eigenvalue weighted by Gasteiger charge is -2.33. The fourth-order valence-corrected chi connectivity index (χ4v) is 3.66. The molecule has 35 heavy (non-hydrogen) atoms. The highest BCUT2D eigenvalue weighted by molar-refractivity contribution is 5.92. The largest absolute Gasteiger partial charge is 0.444 e. The molecule has 190 valence electrons. The van der Waals surface area contributed by atoms with E-state index >= 15 is 0 Å². The summed E-state index contributed by atoms with van der Waals surface area (Å²) in [5.74, 6) is -0.887. The third-order valence-corrected chi connectivity index (χ3v) is 5.74. The lowest BCUT2D eigenvalue weighted by molar-refractivity contribution is -0.141. The summed E-state index contributed by atoms with van der Waals surface area (Å²) < 4.78 is 5.36. The maximum Gasteiger partial charge on any atom is 0.408 e. The summed E-state index contributed by atoms with van der Waals surface area (Å²) in [6.07, 6.45) is -0.672. The Balaban J connectivity index is 2.33. The molecule has 7 nitrogen and oxygen atoms in total. The standard InChI is InChI=1S/C28H39N3O4/c1-18(2)23(30-27(34)35-28(5,6)7)26(33)31(8)24(22-15-14-19(3)20(4)16-22)25(32)29-17-21-12-10-9-11-13-21/h9-16,18,23-24H,17H2,1-8H3,(H,29,32)(H,30,34). The average molecular weight is 482 g/mol. The zero-order valence-corrected chi connectivity index (χ0v) is 22.1. The van der Waals surface area contributed by atoms with Gasteiger partial charge >= 0.3 is 6.09 Å². The molecule has 0 aliphatic rings. The molecule has 0 radical (unpaired) electrons. The first-order valence-corrected chi connectivity index (χ1v) is 11.9. The average Bonchev–Trinajstić information content (AvgIpc) is 2.77. The van der Waals surface area contributed by atoms with Crippen LogP contribution in [0.1, 0.15) is 62.9 Å². The Bertz CT molecular complexity index is 1030. The number of nitrogens with one attached hydrogen (secondary N) is 2. The first-order chi connectivity index (χ1) is 16.3. The third kappa shape index (κ3) is 8.12. The number of likely N-dealkylation sites (N-methyl/N-ethyl adjacent to an activating group) is 1. The van der Waals surface area contributed by atoms with Crippen molar-refractivity contribution in [1.82, 2.24) is 15.5 Å². The summed E-state index contributed by atoms with van der Waals surface area (Å²) in [5.41, 5.74) is 3.09. The number of carbonyl (C=O) groups is 3. The van der Waals surface area contributed by atoms with Crippen LogP contribution in [0.2, 0.25) is 0 Å². The van der Waals surface area contributed by atoms with E-state index in [1.54, 1.807) is 27.8 Å². The van der Waals surface area contributed by atoms with Crippen LogP contribution in [0.15, 0.2) is 48.5 Å². The lowest BCUT2D eigenvalue weighted by Crippen LogP contribution is -2.53. The summed E-state index contributed by atoms with van der Waals surface area (Å²) in [4.78, 5) is 40.9. The maximum atomic E-state index is 13.6. The molecule has 0 bridgehead atoms. The molecule has 0 heterocycles. The van der Waals surface area contributed by atoms with Crippen molar-refractivity contribution in [2.45, 2.75) is 72.7 Å². The summed E-state index contributed by atoms with van der Waals surface area (Å²) in [7, 11) is 1.59. The van der Waals surface area contributed by atoms with Gasteiger partial charge in [0.2, 0.25) is 11.8 Å². The minimum Gasteiger partial charge on any atom is -0.444 e. The van der Waals surface area contributed by atoms with Crippen LogP contribution in [0.4, 0.5) is 4.79 Å². The molecule has 0 aliphatic carbocycles. The second kappa shape index (κ2) is 11.9. The van der Waals surface area contributed by atoms with Crippen molar-refractivity contribution in [1.29, 1.82) is 0 Å². The number of aryl methyl sites for hydroxylation is 2. The van der Waals surface area contributed by atoms with Crippen molar-refractivity contribution in [3.8, 4) is 0 Å². The Kier molecular flexibility index (Phi) is 9.46. The normalized spacial score (nSPS) is 13.1. The monoisotopic (exact) mass is 481 g/mol. The van der Waals surface area contributed by atoms with E-state index in [9.17, 15) is 14.4 Å². The van der Waals surface area contributed by atoms with Gasteiger partial charge in [-0.2, -0.15) is 0 Å². The molecule has 2 N–H and O–H groups in total. The number of hydrogen-bond acceptors (Lipinski definition) is 4. The summed E-state index contributed by atoms with van der Waals surface area (Å²) in [5, 5.41) is 5.66. The van der Waals surface area contributed by atoms with Gasteiger partial charge < -0.3 is 20.3 Å². The quantitative estimate of drug-likeness (QED) is 0.574. The first-order valence-electron chi connectivity index (χ1n) is 11.9. The first kappa shape index (κ1) is 27.9. The van der Waals surface area contributed by atoms with E-state index in [-0.39, 0.29) is 17.7 Å². The van der Waals surface area contributed by atoms with Gasteiger partial charge in [0.15, 0.2) is 0 Å². The van der Waals surface area contributed by atoms with Gasteiger partial charge in [0.25, 0.3) is 0 Å². The second-order valence-corrected chi connectivity index (χ2v) is 10.3. The van der Waals surface area contributed by atoms with Crippen LogP contribution in [-0.4, -0.2) is 41.5 Å². The molecule has 0 saturated carbocycles. The SMILES string of the molecule is Cc1ccc(C(C(=O)NCc2ccccc2)N(C)C(=O)C(NC(=O)OC(C)(C)C)C(C)C)cc1C. The third-order valence-electron chi connectivity index (χ3n) is 5.74. The van der Waals surface area contributed by atoms with Crippen LogP contribution < -0.4 is 10.6 Å². The molecule has 7 heteroatoms. The number of carbonyl (C=O) groups excluding carboxylic acids is 3. The van der Waals surface area contributed by atoms with E-state index in [1.165, 1.54) is 4.90 Å². The van der Waals surface area contributed by atoms with Crippen LogP contribution in [0.5, 0.6) is 0 Å². The number of benzene rings is 2. The van der Waals surface area contributed by atoms with Crippen molar-refractivity contribution in [3.63, 3.8) is 0 Å². The van der Waals surface area contributed by atoms with Gasteiger partial charge in [0.1, 0.15) is 17.7 Å². The highest BCUT2D eigenvalue weighted by atomic mass is 16.6. The molecule has 0 aromatic heterocycles. The molecular weight excluding hydrogens is 442 g/mol. The minimum atomic E-state index is -0.868. The van der Waals surface area contributed by atoms with Crippen molar-refractivity contribution >= 4 is 17.9 Å². The van der Waals surface area contributed by atoms with Crippen molar-refractivity contribution in [2.75, 3.05) is 7.05 Å². The van der Waals surface area contributed by atoms with Crippen LogP contribution in [0.3, 0.4) is 0 Å². The van der Waals surface area contributed by atoms with Crippen molar-refractivity contribution < 1.29 is 19.1 Å². The van der Waals surface area contributed by atoms with Gasteiger partial charge in [-0.25, -0.2) is 4.79 Å². The fourth-order valence-electron chi connectivity index (χ4n) is 3.66. The summed E-state index contributed by atoms with van der Waals surface area (Å²) in [6, 6.07) is 13.6. The van der Waals surface area contributed by atoms with Gasteiger partial charge in [-0.05, 0) is 62.8 Å². The predicted octanol–water partition coefficient (Wildman–Crippen LogP) is 4.67. The molecule has 2 rings (SSSR count). The molecule has 0 fully saturated rings. The van der Waals surface area contributed by atoms with E-state index in [4.69, 9.17) is 4.74 Å². The van der Waals surface area contributed by atoms with Gasteiger partial charge in [0.05, 0.1) is 0 Å². The van der Waals surface area contributed by atoms with Gasteiger partial charge in [-0.15, -0.1) is 0 Å². The number of hydrogen-bond donors (Lipinski definition) is 2. The Labute approximate surface area is 209 Å². The van der Waals surface area contributed by atoms with Crippen LogP contribution in [0.25, 0.3) is 0 Å². The van der Waals surface area contributed by atoms with Gasteiger partial charge in [-0.1, -0.05) is 62.4 Å². The topological polar surface area (TPSA) is 87.7 Å². The van der Waals surface area contributed by atoms with Gasteiger partial charge in [0, 0.05) is 13.6 Å². The number of nitrogens with zero attached hydrogens (tertiary/aromatic N) is 1. The molecule has 0 spiro atoms. The van der Waals surface area contributed by atoms with E-state index in [1.807, 2.05) is 76.2 Å². The minimum absolute atomic E-state index is 0.217. The summed E-state index contributed by atoms with van der Waals surface area (Å²) in [6.45, 7) is 13.3. The molecule has 2 aromatic rings. The van der Waals surface area contributed by atoms with E-state index < -0.39 is 23.8 Å². The number of rotatable bonds is 8. The van der Waals surface area contributed by atoms with E-state index in [2.05, 4.69) is 10.6 Å². The highest BCUT2D eigenvalue weighted by Gasteiger charge is 2.35. The van der Waals surface area contributed by atoms with Crippen LogP contribution in [0, 0.1) is 19.8 Å². The van der Waals surface area contributed by atoms with Crippen molar-refractivity contribution in [3.05, 3.63) is 70.8 Å². The Morgan fingerprint density at radius 1 is 0.971 bits per heavy atom. The molecule has 2 atom stereocenters. The number of ether oxygens (including phenoxy) is 1. The van der Waals surface area contributed by atoms with Crippen molar-refractivity contribution in [2.24, 2.45) is 5.92 Å². The predicted molar refractivity (Wildman–Crippen MR) is 138 cm³/mol. The van der Waals surface area contributed by atoms with E-state index in [0.29, 0.717) is 12.1 Å². The number of amides is 3. The molecule has 2 aromatic carbocycles. The van der Waals surface area contributed by atoms with Crippen LogP contribution >= 0.6 is 0 Å². The Morgan fingerprint density at radius 3 is 2.14 bits per heavy atom. The lowest BCUT2D eigenvalue weighted by atomic mass is 9.97. The van der Waals surface area contributed by atoms with Crippen LogP contribution in [-0.2, 0) is 20.9 Å². The fraction of sp³-hybridized carbons (Fsp3) is 0.464. The maximum absolute atomic E-state index is 13.6. The zero-order valence-electron chi connectivity index (χ0n) is 22.1. The molecular formula is C28H39N3O4. The molecule has 3 amide bonds. The highest BCUT2D eigenvalue weighted by Crippen LogP contribution is 2.24. The molecule has 0 saturated heterocycles. The van der Waals surface area contributed by atoms with E-state index in [0.717, 1.165) is 16.7 Å². The zero-order chi connectivity index (χ0) is 26.3. The second-order valence-electron chi connectivity index (χ2n) is 10.3. The van der Waals surface area contributed by atoms with Gasteiger partial charge in [-0.3, -0.25) is 9.59 Å². The Hall–Kier alpha value is -3.35. The molecule has 2 unspecified atom stereocenters. The number of alkyl carbamates (subject to hydrolysis) is 1. The Morgan fingerprint density at radius 2 is 1.60 bits per heavy atom.